The van der Waals surface area contributed by atoms with Crippen molar-refractivity contribution in [2.75, 3.05) is 13.1 Å². The maximum atomic E-state index is 5.73. The third kappa shape index (κ3) is 2.12. The number of hydrogen-bond acceptors (Lipinski definition) is 2. The molecule has 1 aliphatic heterocycles. The van der Waals surface area contributed by atoms with Crippen LogP contribution in [0.4, 0.5) is 0 Å². The van der Waals surface area contributed by atoms with Crippen molar-refractivity contribution in [3.63, 3.8) is 0 Å². The van der Waals surface area contributed by atoms with Gasteiger partial charge in [-0.1, -0.05) is 6.08 Å². The molecule has 1 radical (unpaired) electrons. The minimum Gasteiger partial charge on any atom is -0.328 e. The van der Waals surface area contributed by atoms with Gasteiger partial charge in [0, 0.05) is 25.7 Å². The summed E-state index contributed by atoms with van der Waals surface area (Å²) in [5.41, 5.74) is 5.73. The lowest BCUT2D eigenvalue weighted by Gasteiger charge is -2.28. The number of hydrogen-bond donors (Lipinski definition) is 1. The van der Waals surface area contributed by atoms with Crippen LogP contribution in [-0.2, 0) is 0 Å². The Balaban J connectivity index is 2.19. The second-order valence-electron chi connectivity index (χ2n) is 2.76. The zero-order chi connectivity index (χ0) is 7.40. The first-order chi connectivity index (χ1) is 4.83. The minimum atomic E-state index is 0.425. The van der Waals surface area contributed by atoms with Crippen molar-refractivity contribution in [1.82, 2.24) is 4.90 Å². The average Bonchev–Trinajstić information content (AvgIpc) is 1.95. The summed E-state index contributed by atoms with van der Waals surface area (Å²) in [4.78, 5) is 2.26. The van der Waals surface area contributed by atoms with Crippen LogP contribution in [0.1, 0.15) is 12.8 Å². The summed E-state index contributed by atoms with van der Waals surface area (Å²) in [5.74, 6) is 0. The summed E-state index contributed by atoms with van der Waals surface area (Å²) in [7, 11) is 0. The summed E-state index contributed by atoms with van der Waals surface area (Å²) >= 11 is 0. The van der Waals surface area contributed by atoms with Crippen LogP contribution < -0.4 is 5.73 Å². The minimum absolute atomic E-state index is 0.425. The standard InChI is InChI=1S/C8H15N2/c1-2-5-10-6-3-8(9)4-7-10/h2,5,8H,1,3-4,6-7,9H2. The molecule has 0 bridgehead atoms. The molecule has 0 aliphatic carbocycles. The van der Waals surface area contributed by atoms with Gasteiger partial charge in [0.05, 0.1) is 0 Å². The molecule has 2 nitrogen and oxygen atoms in total. The molecule has 2 N–H and O–H groups in total. The van der Waals surface area contributed by atoms with E-state index in [4.69, 9.17) is 5.73 Å². The second kappa shape index (κ2) is 3.74. The highest BCUT2D eigenvalue weighted by molar-refractivity contribution is 4.89. The van der Waals surface area contributed by atoms with Gasteiger partial charge < -0.3 is 5.73 Å². The van der Waals surface area contributed by atoms with Crippen molar-refractivity contribution < 1.29 is 0 Å². The topological polar surface area (TPSA) is 29.3 Å². The molecule has 0 aromatic carbocycles. The van der Waals surface area contributed by atoms with Gasteiger partial charge in [-0.2, -0.15) is 0 Å². The zero-order valence-electron chi connectivity index (χ0n) is 6.29. The van der Waals surface area contributed by atoms with E-state index < -0.39 is 0 Å². The van der Waals surface area contributed by atoms with E-state index in [1.165, 1.54) is 0 Å². The van der Waals surface area contributed by atoms with E-state index in [-0.39, 0.29) is 0 Å². The highest BCUT2D eigenvalue weighted by Crippen LogP contribution is 2.08. The van der Waals surface area contributed by atoms with E-state index in [1.807, 2.05) is 12.6 Å². The Labute approximate surface area is 62.7 Å². The maximum absolute atomic E-state index is 5.73. The highest BCUT2D eigenvalue weighted by atomic mass is 15.1. The van der Waals surface area contributed by atoms with Crippen LogP contribution in [0.25, 0.3) is 0 Å². The smallest absolute Gasteiger partial charge is 0.0467 e. The predicted octanol–water partition coefficient (Wildman–Crippen LogP) is 0.757. The van der Waals surface area contributed by atoms with E-state index >= 15 is 0 Å². The van der Waals surface area contributed by atoms with E-state index in [1.54, 1.807) is 0 Å². The Morgan fingerprint density at radius 2 is 2.00 bits per heavy atom. The molecule has 0 saturated carbocycles. The summed E-state index contributed by atoms with van der Waals surface area (Å²) in [6, 6.07) is 0.425. The van der Waals surface area contributed by atoms with Crippen molar-refractivity contribution in [2.45, 2.75) is 18.9 Å². The molecule has 1 saturated heterocycles. The van der Waals surface area contributed by atoms with Gasteiger partial charge in [0.25, 0.3) is 0 Å². The molecular formula is C8H15N2. The van der Waals surface area contributed by atoms with Crippen molar-refractivity contribution in [1.29, 1.82) is 0 Å². The van der Waals surface area contributed by atoms with Gasteiger partial charge >= 0.3 is 0 Å². The highest BCUT2D eigenvalue weighted by Gasteiger charge is 2.13. The number of rotatable bonds is 2. The van der Waals surface area contributed by atoms with Crippen LogP contribution in [0.15, 0.2) is 12.7 Å². The molecule has 1 heterocycles. The fourth-order valence-electron chi connectivity index (χ4n) is 1.22. The third-order valence-electron chi connectivity index (χ3n) is 1.89. The van der Waals surface area contributed by atoms with Gasteiger partial charge in [-0.3, -0.25) is 4.90 Å². The molecule has 0 unspecified atom stereocenters. The SMILES string of the molecule is C=C[CH]N1CCC(N)CC1. The Bertz CT molecular complexity index is 104. The van der Waals surface area contributed by atoms with Crippen LogP contribution in [0.2, 0.25) is 0 Å². The van der Waals surface area contributed by atoms with Crippen molar-refractivity contribution in [3.05, 3.63) is 19.2 Å². The van der Waals surface area contributed by atoms with Gasteiger partial charge in [0.2, 0.25) is 0 Å². The largest absolute Gasteiger partial charge is 0.328 e. The van der Waals surface area contributed by atoms with Crippen LogP contribution >= 0.6 is 0 Å². The lowest BCUT2D eigenvalue weighted by molar-refractivity contribution is 0.266. The quantitative estimate of drug-likeness (QED) is 0.612. The molecule has 0 aromatic rings. The molecular weight excluding hydrogens is 124 g/mol. The zero-order valence-corrected chi connectivity index (χ0v) is 6.29. The maximum Gasteiger partial charge on any atom is 0.0467 e. The number of likely N-dealkylation sites (tertiary alicyclic amines) is 1. The first-order valence-corrected chi connectivity index (χ1v) is 3.78. The molecule has 0 atom stereocenters. The Morgan fingerprint density at radius 3 is 2.50 bits per heavy atom. The number of nitrogens with zero attached hydrogens (tertiary/aromatic N) is 1. The van der Waals surface area contributed by atoms with Gasteiger partial charge in [0.1, 0.15) is 0 Å². The van der Waals surface area contributed by atoms with E-state index in [0.717, 1.165) is 25.9 Å². The average molecular weight is 139 g/mol. The van der Waals surface area contributed by atoms with Crippen LogP contribution in [0.5, 0.6) is 0 Å². The fourth-order valence-corrected chi connectivity index (χ4v) is 1.22. The molecule has 0 aromatic heterocycles. The monoisotopic (exact) mass is 139 g/mol. The molecule has 2 heteroatoms. The lowest BCUT2D eigenvalue weighted by atomic mass is 10.1. The second-order valence-corrected chi connectivity index (χ2v) is 2.76. The van der Waals surface area contributed by atoms with Crippen molar-refractivity contribution in [2.24, 2.45) is 5.73 Å². The summed E-state index contributed by atoms with van der Waals surface area (Å²) in [5, 5.41) is 0. The predicted molar refractivity (Wildman–Crippen MR) is 43.3 cm³/mol. The van der Waals surface area contributed by atoms with Crippen LogP contribution in [0, 0.1) is 6.54 Å². The summed E-state index contributed by atoms with van der Waals surface area (Å²) < 4.78 is 0. The molecule has 57 valence electrons. The van der Waals surface area contributed by atoms with E-state index in [2.05, 4.69) is 11.5 Å². The van der Waals surface area contributed by atoms with Gasteiger partial charge in [-0.25, -0.2) is 0 Å². The molecule has 1 aliphatic rings. The normalized spacial score (nSPS) is 22.9. The molecule has 0 spiro atoms. The Kier molecular flexibility index (Phi) is 2.90. The molecule has 10 heavy (non-hydrogen) atoms. The van der Waals surface area contributed by atoms with Crippen LogP contribution in [-0.4, -0.2) is 24.0 Å². The first kappa shape index (κ1) is 7.76. The van der Waals surface area contributed by atoms with E-state index in [9.17, 15) is 0 Å². The van der Waals surface area contributed by atoms with E-state index in [0.29, 0.717) is 6.04 Å². The van der Waals surface area contributed by atoms with Crippen molar-refractivity contribution in [3.8, 4) is 0 Å². The Morgan fingerprint density at radius 1 is 1.40 bits per heavy atom. The molecule has 1 fully saturated rings. The third-order valence-corrected chi connectivity index (χ3v) is 1.89. The fraction of sp³-hybridized carbons (Fsp3) is 0.625. The van der Waals surface area contributed by atoms with Gasteiger partial charge in [-0.15, -0.1) is 6.58 Å². The first-order valence-electron chi connectivity index (χ1n) is 3.78. The summed E-state index contributed by atoms with van der Waals surface area (Å²) in [6.07, 6.45) is 4.06. The molecule has 1 rings (SSSR count). The lowest BCUT2D eigenvalue weighted by Crippen LogP contribution is -2.37. The summed E-state index contributed by atoms with van der Waals surface area (Å²) in [6.45, 7) is 7.86. The Hall–Kier alpha value is -0.340. The van der Waals surface area contributed by atoms with Gasteiger partial charge in [0.15, 0.2) is 0 Å². The number of nitrogens with two attached hydrogens (primary N) is 1. The van der Waals surface area contributed by atoms with Crippen molar-refractivity contribution >= 4 is 0 Å². The van der Waals surface area contributed by atoms with Crippen LogP contribution in [0.3, 0.4) is 0 Å². The van der Waals surface area contributed by atoms with Gasteiger partial charge in [-0.05, 0) is 12.8 Å². The molecule has 0 amide bonds. The number of piperidine rings is 1.